The molecule has 4 nitrogen and oxygen atoms in total. The molecule has 0 amide bonds. The van der Waals surface area contributed by atoms with Crippen LogP contribution >= 0.6 is 22.9 Å². The number of anilines is 2. The number of aromatic nitrogens is 3. The Hall–Kier alpha value is -2.76. The molecular formula is C20H15ClN4S. The van der Waals surface area contributed by atoms with E-state index in [1.54, 1.807) is 11.3 Å². The SMILES string of the molecule is Cc1ccc(Nc2ccc(-c3csc(-c4ccc(Cl)cc4)n3)cc2)nn1. The van der Waals surface area contributed by atoms with Crippen LogP contribution in [-0.2, 0) is 0 Å². The minimum Gasteiger partial charge on any atom is -0.339 e. The normalized spacial score (nSPS) is 10.7. The number of hydrogen-bond donors (Lipinski definition) is 1. The fourth-order valence-electron chi connectivity index (χ4n) is 2.47. The second kappa shape index (κ2) is 7.23. The number of nitrogens with one attached hydrogen (secondary N) is 1. The maximum Gasteiger partial charge on any atom is 0.153 e. The number of aryl methyl sites for hydroxylation is 1. The molecule has 2 aromatic heterocycles. The van der Waals surface area contributed by atoms with Crippen molar-refractivity contribution in [3.63, 3.8) is 0 Å². The summed E-state index contributed by atoms with van der Waals surface area (Å²) in [5.74, 6) is 0.724. The lowest BCUT2D eigenvalue weighted by Gasteiger charge is -2.05. The van der Waals surface area contributed by atoms with Crippen LogP contribution in [0.25, 0.3) is 21.8 Å². The van der Waals surface area contributed by atoms with Gasteiger partial charge in [0.25, 0.3) is 0 Å². The molecule has 128 valence electrons. The number of halogens is 1. The van der Waals surface area contributed by atoms with E-state index in [9.17, 15) is 0 Å². The van der Waals surface area contributed by atoms with E-state index in [1.165, 1.54) is 0 Å². The molecule has 4 aromatic rings. The molecule has 0 aliphatic heterocycles. The fourth-order valence-corrected chi connectivity index (χ4v) is 3.43. The second-order valence-corrected chi connectivity index (χ2v) is 7.10. The van der Waals surface area contributed by atoms with Crippen LogP contribution < -0.4 is 5.32 Å². The third-order valence-corrected chi connectivity index (χ3v) is 4.99. The van der Waals surface area contributed by atoms with Crippen LogP contribution in [0, 0.1) is 6.92 Å². The van der Waals surface area contributed by atoms with E-state index in [2.05, 4.69) is 20.9 Å². The molecule has 0 spiro atoms. The highest BCUT2D eigenvalue weighted by atomic mass is 35.5. The molecule has 1 N–H and O–H groups in total. The highest BCUT2D eigenvalue weighted by Crippen LogP contribution is 2.30. The smallest absolute Gasteiger partial charge is 0.153 e. The molecule has 0 aliphatic carbocycles. The second-order valence-electron chi connectivity index (χ2n) is 5.81. The van der Waals surface area contributed by atoms with Crippen molar-refractivity contribution in [1.29, 1.82) is 0 Å². The van der Waals surface area contributed by atoms with Gasteiger partial charge in [-0.05, 0) is 43.3 Å². The first kappa shape index (κ1) is 16.7. The summed E-state index contributed by atoms with van der Waals surface area (Å²) in [5, 5.41) is 15.2. The average molecular weight is 379 g/mol. The van der Waals surface area contributed by atoms with Gasteiger partial charge in [-0.1, -0.05) is 35.9 Å². The summed E-state index contributed by atoms with van der Waals surface area (Å²) >= 11 is 7.57. The van der Waals surface area contributed by atoms with Crippen LogP contribution in [-0.4, -0.2) is 15.2 Å². The first-order chi connectivity index (χ1) is 12.7. The third kappa shape index (κ3) is 3.74. The maximum absolute atomic E-state index is 5.95. The lowest BCUT2D eigenvalue weighted by atomic mass is 10.1. The molecule has 0 aliphatic rings. The molecule has 0 atom stereocenters. The molecule has 6 heteroatoms. The number of benzene rings is 2. The van der Waals surface area contributed by atoms with Gasteiger partial charge in [-0.3, -0.25) is 0 Å². The minimum atomic E-state index is 0.724. The maximum atomic E-state index is 5.95. The van der Waals surface area contributed by atoms with Crippen molar-refractivity contribution in [2.24, 2.45) is 0 Å². The Morgan fingerprint density at radius 3 is 2.27 bits per heavy atom. The molecule has 0 unspecified atom stereocenters. The minimum absolute atomic E-state index is 0.724. The summed E-state index contributed by atoms with van der Waals surface area (Å²) in [6.45, 7) is 1.91. The molecule has 2 heterocycles. The largest absolute Gasteiger partial charge is 0.339 e. The predicted octanol–water partition coefficient (Wildman–Crippen LogP) is 5.97. The number of thiazole rings is 1. The quantitative estimate of drug-likeness (QED) is 0.475. The van der Waals surface area contributed by atoms with Crippen LogP contribution in [0.1, 0.15) is 5.69 Å². The van der Waals surface area contributed by atoms with Crippen molar-refractivity contribution in [3.8, 4) is 21.8 Å². The number of rotatable bonds is 4. The summed E-state index contributed by atoms with van der Waals surface area (Å²) in [4.78, 5) is 4.74. The zero-order chi connectivity index (χ0) is 17.9. The highest BCUT2D eigenvalue weighted by Gasteiger charge is 2.07. The van der Waals surface area contributed by atoms with E-state index in [1.807, 2.05) is 67.6 Å². The van der Waals surface area contributed by atoms with Gasteiger partial charge in [0.15, 0.2) is 5.82 Å². The molecule has 0 saturated carbocycles. The van der Waals surface area contributed by atoms with Crippen molar-refractivity contribution in [1.82, 2.24) is 15.2 Å². The van der Waals surface area contributed by atoms with Gasteiger partial charge in [0.05, 0.1) is 11.4 Å². The van der Waals surface area contributed by atoms with E-state index >= 15 is 0 Å². The lowest BCUT2D eigenvalue weighted by molar-refractivity contribution is 0.986. The Labute approximate surface area is 160 Å². The topological polar surface area (TPSA) is 50.7 Å². The van der Waals surface area contributed by atoms with Crippen molar-refractivity contribution >= 4 is 34.4 Å². The Kier molecular flexibility index (Phi) is 4.65. The van der Waals surface area contributed by atoms with Crippen molar-refractivity contribution in [3.05, 3.63) is 76.8 Å². The Bertz CT molecular complexity index is 1010. The van der Waals surface area contributed by atoms with Crippen LogP contribution in [0.15, 0.2) is 66.0 Å². The fraction of sp³-hybridized carbons (Fsp3) is 0.0500. The standard InChI is InChI=1S/C20H15ClN4S/c1-13-2-11-19(25-24-13)22-17-9-5-14(6-10-17)18-12-26-20(23-18)15-3-7-16(21)8-4-15/h2-12H,1H3,(H,22,25). The molecule has 2 aromatic carbocycles. The van der Waals surface area contributed by atoms with Gasteiger partial charge < -0.3 is 5.32 Å². The van der Waals surface area contributed by atoms with Gasteiger partial charge in [0, 0.05) is 27.2 Å². The molecule has 0 fully saturated rings. The van der Waals surface area contributed by atoms with E-state index in [-0.39, 0.29) is 0 Å². The van der Waals surface area contributed by atoms with Crippen molar-refractivity contribution in [2.75, 3.05) is 5.32 Å². The first-order valence-corrected chi connectivity index (χ1v) is 9.32. The summed E-state index contributed by atoms with van der Waals surface area (Å²) in [6.07, 6.45) is 0. The first-order valence-electron chi connectivity index (χ1n) is 8.07. The Morgan fingerprint density at radius 2 is 1.58 bits per heavy atom. The van der Waals surface area contributed by atoms with E-state index in [0.717, 1.165) is 44.1 Å². The molecule has 26 heavy (non-hydrogen) atoms. The monoisotopic (exact) mass is 378 g/mol. The van der Waals surface area contributed by atoms with Gasteiger partial charge in [-0.2, -0.15) is 5.10 Å². The molecule has 4 rings (SSSR count). The van der Waals surface area contributed by atoms with Crippen LogP contribution in [0.4, 0.5) is 11.5 Å². The lowest BCUT2D eigenvalue weighted by Crippen LogP contribution is -1.95. The predicted molar refractivity (Wildman–Crippen MR) is 108 cm³/mol. The van der Waals surface area contributed by atoms with Crippen LogP contribution in [0.5, 0.6) is 0 Å². The Balaban J connectivity index is 1.52. The highest BCUT2D eigenvalue weighted by molar-refractivity contribution is 7.13. The zero-order valence-electron chi connectivity index (χ0n) is 14.0. The van der Waals surface area contributed by atoms with Gasteiger partial charge >= 0.3 is 0 Å². The third-order valence-electron chi connectivity index (χ3n) is 3.85. The molecule has 0 radical (unpaired) electrons. The van der Waals surface area contributed by atoms with E-state index in [4.69, 9.17) is 16.6 Å². The van der Waals surface area contributed by atoms with Crippen molar-refractivity contribution < 1.29 is 0 Å². The summed E-state index contributed by atoms with van der Waals surface area (Å²) in [7, 11) is 0. The molecular weight excluding hydrogens is 364 g/mol. The van der Waals surface area contributed by atoms with Gasteiger partial charge in [-0.15, -0.1) is 16.4 Å². The van der Waals surface area contributed by atoms with Crippen molar-refractivity contribution in [2.45, 2.75) is 6.92 Å². The molecule has 0 bridgehead atoms. The van der Waals surface area contributed by atoms with E-state index in [0.29, 0.717) is 0 Å². The van der Waals surface area contributed by atoms with Gasteiger partial charge in [-0.25, -0.2) is 4.98 Å². The van der Waals surface area contributed by atoms with Gasteiger partial charge in [0.2, 0.25) is 0 Å². The van der Waals surface area contributed by atoms with Crippen LogP contribution in [0.2, 0.25) is 5.02 Å². The summed E-state index contributed by atoms with van der Waals surface area (Å²) in [6, 6.07) is 19.7. The average Bonchev–Trinajstić information content (AvgIpc) is 3.15. The van der Waals surface area contributed by atoms with Crippen LogP contribution in [0.3, 0.4) is 0 Å². The Morgan fingerprint density at radius 1 is 0.846 bits per heavy atom. The summed E-state index contributed by atoms with van der Waals surface area (Å²) in [5.41, 5.74) is 4.96. The van der Waals surface area contributed by atoms with Gasteiger partial charge in [0.1, 0.15) is 5.01 Å². The zero-order valence-corrected chi connectivity index (χ0v) is 15.6. The summed E-state index contributed by atoms with van der Waals surface area (Å²) < 4.78 is 0. The molecule has 0 saturated heterocycles. The number of nitrogens with zero attached hydrogens (tertiary/aromatic N) is 3. The van der Waals surface area contributed by atoms with E-state index < -0.39 is 0 Å². The number of hydrogen-bond acceptors (Lipinski definition) is 5.